The van der Waals surface area contributed by atoms with Crippen LogP contribution in [0.15, 0.2) is 36.2 Å². The Morgan fingerprint density at radius 3 is 2.75 bits per heavy atom. The average molecular weight is 217 g/mol. The van der Waals surface area contributed by atoms with Gasteiger partial charge < -0.3 is 0 Å². The van der Waals surface area contributed by atoms with E-state index in [2.05, 4.69) is 16.5 Å². The van der Waals surface area contributed by atoms with Crippen LogP contribution in [-0.2, 0) is 0 Å². The van der Waals surface area contributed by atoms with E-state index in [1.54, 1.807) is 0 Å². The number of hydrogen-bond acceptors (Lipinski definition) is 3. The highest BCUT2D eigenvalue weighted by Crippen LogP contribution is 2.28. The summed E-state index contributed by atoms with van der Waals surface area (Å²) in [7, 11) is 0. The maximum absolute atomic E-state index is 5.68. The molecule has 0 saturated carbocycles. The van der Waals surface area contributed by atoms with E-state index in [-0.39, 0.29) is 6.04 Å². The number of allylic oxidation sites excluding steroid dienone is 1. The van der Waals surface area contributed by atoms with Crippen molar-refractivity contribution in [2.75, 3.05) is 0 Å². The van der Waals surface area contributed by atoms with Gasteiger partial charge in [-0.25, -0.2) is 5.43 Å². The largest absolute Gasteiger partial charge is 0.271 e. The lowest BCUT2D eigenvalue weighted by molar-refractivity contribution is 0.592. The molecule has 0 fully saturated rings. The van der Waals surface area contributed by atoms with E-state index >= 15 is 0 Å². The number of aromatic nitrogens is 1. The van der Waals surface area contributed by atoms with Crippen LogP contribution in [0.4, 0.5) is 0 Å². The third-order valence-corrected chi connectivity index (χ3v) is 3.15. The zero-order chi connectivity index (χ0) is 11.2. The molecule has 1 aromatic rings. The highest BCUT2D eigenvalue weighted by atomic mass is 15.2. The Balaban J connectivity index is 2.18. The van der Waals surface area contributed by atoms with Crippen LogP contribution in [0.2, 0.25) is 0 Å². The molecule has 1 atom stereocenters. The van der Waals surface area contributed by atoms with E-state index in [1.165, 1.54) is 36.8 Å². The number of hydrazine groups is 1. The first-order valence-corrected chi connectivity index (χ1v) is 5.97. The van der Waals surface area contributed by atoms with Gasteiger partial charge in [-0.2, -0.15) is 0 Å². The van der Waals surface area contributed by atoms with Crippen molar-refractivity contribution in [1.82, 2.24) is 10.4 Å². The number of hydrogen-bond donors (Lipinski definition) is 2. The Labute approximate surface area is 96.7 Å². The maximum atomic E-state index is 5.68. The molecule has 3 heteroatoms. The molecule has 0 aliphatic heterocycles. The zero-order valence-electron chi connectivity index (χ0n) is 9.52. The smallest absolute Gasteiger partial charge is 0.0671 e. The summed E-state index contributed by atoms with van der Waals surface area (Å²) in [5.41, 5.74) is 5.54. The summed E-state index contributed by atoms with van der Waals surface area (Å²) in [6.45, 7) is 0. The van der Waals surface area contributed by atoms with Gasteiger partial charge in [-0.3, -0.25) is 10.8 Å². The zero-order valence-corrected chi connectivity index (χ0v) is 9.52. The minimum Gasteiger partial charge on any atom is -0.271 e. The monoisotopic (exact) mass is 217 g/mol. The van der Waals surface area contributed by atoms with Gasteiger partial charge in [0, 0.05) is 12.4 Å². The lowest BCUT2D eigenvalue weighted by Crippen LogP contribution is -2.29. The molecule has 3 N–H and O–H groups in total. The predicted octanol–water partition coefficient (Wildman–Crippen LogP) is 2.48. The van der Waals surface area contributed by atoms with Crippen molar-refractivity contribution in [2.45, 2.75) is 38.1 Å². The van der Waals surface area contributed by atoms with Gasteiger partial charge in [0.05, 0.1) is 6.04 Å². The first-order valence-electron chi connectivity index (χ1n) is 5.97. The van der Waals surface area contributed by atoms with Crippen molar-refractivity contribution >= 4 is 0 Å². The number of rotatable bonds is 3. The van der Waals surface area contributed by atoms with Gasteiger partial charge in [0.25, 0.3) is 0 Å². The molecule has 0 spiro atoms. The first kappa shape index (κ1) is 11.3. The van der Waals surface area contributed by atoms with Crippen molar-refractivity contribution < 1.29 is 0 Å². The van der Waals surface area contributed by atoms with Crippen molar-refractivity contribution in [3.8, 4) is 0 Å². The van der Waals surface area contributed by atoms with Crippen molar-refractivity contribution in [2.24, 2.45) is 5.84 Å². The van der Waals surface area contributed by atoms with Crippen molar-refractivity contribution in [3.63, 3.8) is 0 Å². The maximum Gasteiger partial charge on any atom is 0.0671 e. The Morgan fingerprint density at radius 1 is 1.19 bits per heavy atom. The number of nitrogens with two attached hydrogens (primary N) is 1. The molecule has 16 heavy (non-hydrogen) atoms. The molecular formula is C13H19N3. The Morgan fingerprint density at radius 2 is 2.00 bits per heavy atom. The van der Waals surface area contributed by atoms with Crippen molar-refractivity contribution in [1.29, 1.82) is 0 Å². The molecule has 86 valence electrons. The Bertz CT molecular complexity index is 345. The van der Waals surface area contributed by atoms with Crippen LogP contribution in [0.1, 0.15) is 43.7 Å². The fourth-order valence-corrected chi connectivity index (χ4v) is 2.28. The van der Waals surface area contributed by atoms with E-state index in [4.69, 9.17) is 5.84 Å². The average Bonchev–Trinajstić information content (AvgIpc) is 2.61. The highest BCUT2D eigenvalue weighted by molar-refractivity contribution is 5.26. The Kier molecular flexibility index (Phi) is 4.08. The summed E-state index contributed by atoms with van der Waals surface area (Å²) < 4.78 is 0. The molecule has 1 aromatic heterocycles. The van der Waals surface area contributed by atoms with Gasteiger partial charge in [0.15, 0.2) is 0 Å². The van der Waals surface area contributed by atoms with E-state index in [1.807, 2.05) is 24.5 Å². The molecule has 0 saturated heterocycles. The van der Waals surface area contributed by atoms with Crippen LogP contribution < -0.4 is 11.3 Å². The molecule has 0 radical (unpaired) electrons. The summed E-state index contributed by atoms with van der Waals surface area (Å²) >= 11 is 0. The Hall–Kier alpha value is -1.19. The molecule has 0 aromatic carbocycles. The molecule has 0 bridgehead atoms. The third kappa shape index (κ3) is 2.68. The number of nitrogens with one attached hydrogen (secondary N) is 1. The van der Waals surface area contributed by atoms with Crippen LogP contribution in [-0.4, -0.2) is 4.98 Å². The minimum absolute atomic E-state index is 0.154. The van der Waals surface area contributed by atoms with Crippen LogP contribution in [0.3, 0.4) is 0 Å². The van der Waals surface area contributed by atoms with E-state index in [9.17, 15) is 0 Å². The van der Waals surface area contributed by atoms with Gasteiger partial charge in [-0.05, 0) is 43.4 Å². The standard InChI is InChI=1S/C13H19N3/c14-16-13(12-7-9-15-10-8-12)11-5-3-1-2-4-6-11/h5,7-10,13,16H,1-4,6,14H2. The van der Waals surface area contributed by atoms with Crippen LogP contribution in [0.25, 0.3) is 0 Å². The summed E-state index contributed by atoms with van der Waals surface area (Å²) in [5, 5.41) is 0. The summed E-state index contributed by atoms with van der Waals surface area (Å²) in [6, 6.07) is 4.20. The fourth-order valence-electron chi connectivity index (χ4n) is 2.28. The lowest BCUT2D eigenvalue weighted by Gasteiger charge is -2.19. The van der Waals surface area contributed by atoms with Crippen LogP contribution in [0.5, 0.6) is 0 Å². The summed E-state index contributed by atoms with van der Waals surface area (Å²) in [4.78, 5) is 4.04. The summed E-state index contributed by atoms with van der Waals surface area (Å²) in [6.07, 6.45) is 12.2. The number of pyridine rings is 1. The molecule has 1 heterocycles. The van der Waals surface area contributed by atoms with Gasteiger partial charge >= 0.3 is 0 Å². The SMILES string of the molecule is NNC(C1=CCCCCC1)c1ccncc1. The molecule has 1 unspecified atom stereocenters. The second-order valence-electron chi connectivity index (χ2n) is 4.26. The van der Waals surface area contributed by atoms with Gasteiger partial charge in [-0.1, -0.05) is 18.1 Å². The third-order valence-electron chi connectivity index (χ3n) is 3.15. The molecule has 0 amide bonds. The van der Waals surface area contributed by atoms with E-state index < -0.39 is 0 Å². The second-order valence-corrected chi connectivity index (χ2v) is 4.26. The molecule has 3 nitrogen and oxygen atoms in total. The van der Waals surface area contributed by atoms with Gasteiger partial charge in [0.2, 0.25) is 0 Å². The van der Waals surface area contributed by atoms with Crippen LogP contribution in [0, 0.1) is 0 Å². The van der Waals surface area contributed by atoms with E-state index in [0.717, 1.165) is 6.42 Å². The molecular weight excluding hydrogens is 198 g/mol. The van der Waals surface area contributed by atoms with Gasteiger partial charge in [0.1, 0.15) is 0 Å². The molecule has 1 aliphatic rings. The highest BCUT2D eigenvalue weighted by Gasteiger charge is 2.15. The predicted molar refractivity (Wildman–Crippen MR) is 65.5 cm³/mol. The fraction of sp³-hybridized carbons (Fsp3) is 0.462. The topological polar surface area (TPSA) is 50.9 Å². The lowest BCUT2D eigenvalue weighted by atomic mass is 9.96. The number of nitrogens with zero attached hydrogens (tertiary/aromatic N) is 1. The summed E-state index contributed by atoms with van der Waals surface area (Å²) in [5.74, 6) is 5.68. The first-order chi connectivity index (χ1) is 7.92. The van der Waals surface area contributed by atoms with Crippen molar-refractivity contribution in [3.05, 3.63) is 41.7 Å². The van der Waals surface area contributed by atoms with Crippen LogP contribution >= 0.6 is 0 Å². The molecule has 1 aliphatic carbocycles. The quantitative estimate of drug-likeness (QED) is 0.464. The minimum atomic E-state index is 0.154. The molecule has 2 rings (SSSR count). The normalized spacial score (nSPS) is 18.7. The van der Waals surface area contributed by atoms with Gasteiger partial charge in [-0.15, -0.1) is 0 Å². The van der Waals surface area contributed by atoms with E-state index in [0.29, 0.717) is 0 Å². The second kappa shape index (κ2) is 5.77.